The first-order valence-corrected chi connectivity index (χ1v) is 6.12. The molecule has 3 rings (SSSR count). The minimum absolute atomic E-state index is 0.645. The maximum absolute atomic E-state index is 9.14. The molecule has 0 spiro atoms. The standard InChI is InChI=1S/C12H19NO/c14-13-12-10-4-2-1-3-8(10)5-6-9-7-11(9)12/h8-11,14H,1-7H2/b13-12-/t8-,9-,10+,11+/m1/s1. The van der Waals surface area contributed by atoms with Gasteiger partial charge >= 0.3 is 0 Å². The van der Waals surface area contributed by atoms with Crippen LogP contribution in [0.2, 0.25) is 0 Å². The van der Waals surface area contributed by atoms with Crippen molar-refractivity contribution in [3.8, 4) is 0 Å². The van der Waals surface area contributed by atoms with Crippen LogP contribution in [-0.4, -0.2) is 10.9 Å². The highest BCUT2D eigenvalue weighted by Gasteiger charge is 2.48. The van der Waals surface area contributed by atoms with E-state index in [0.29, 0.717) is 11.8 Å². The molecular formula is C12H19NO. The first-order valence-electron chi connectivity index (χ1n) is 6.12. The van der Waals surface area contributed by atoms with E-state index in [9.17, 15) is 0 Å². The molecule has 3 aliphatic carbocycles. The minimum Gasteiger partial charge on any atom is -0.411 e. The SMILES string of the molecule is O/N=C1/[C@H]2CCCC[C@@H]2CC[C@@H]2C[C@H]12. The molecule has 3 fully saturated rings. The van der Waals surface area contributed by atoms with Gasteiger partial charge in [0.2, 0.25) is 0 Å². The Morgan fingerprint density at radius 3 is 2.57 bits per heavy atom. The Hall–Kier alpha value is -0.530. The van der Waals surface area contributed by atoms with E-state index >= 15 is 0 Å². The van der Waals surface area contributed by atoms with Crippen molar-refractivity contribution in [2.24, 2.45) is 28.8 Å². The van der Waals surface area contributed by atoms with Gasteiger partial charge in [-0.2, -0.15) is 0 Å². The number of oxime groups is 1. The van der Waals surface area contributed by atoms with Gasteiger partial charge in [0.05, 0.1) is 5.71 Å². The smallest absolute Gasteiger partial charge is 0.0638 e. The fourth-order valence-corrected chi connectivity index (χ4v) is 3.72. The topological polar surface area (TPSA) is 32.6 Å². The van der Waals surface area contributed by atoms with Crippen molar-refractivity contribution in [2.45, 2.75) is 44.9 Å². The molecule has 4 atom stereocenters. The van der Waals surface area contributed by atoms with E-state index in [0.717, 1.165) is 11.8 Å². The molecule has 3 saturated carbocycles. The number of fused-ring (bicyclic) bond motifs is 2. The first-order chi connectivity index (χ1) is 6.90. The van der Waals surface area contributed by atoms with Crippen LogP contribution in [0.4, 0.5) is 0 Å². The van der Waals surface area contributed by atoms with E-state index in [1.807, 2.05) is 0 Å². The lowest BCUT2D eigenvalue weighted by atomic mass is 9.75. The van der Waals surface area contributed by atoms with E-state index in [1.165, 1.54) is 50.7 Å². The fraction of sp³-hybridized carbons (Fsp3) is 0.917. The Morgan fingerprint density at radius 1 is 0.929 bits per heavy atom. The zero-order valence-electron chi connectivity index (χ0n) is 8.65. The summed E-state index contributed by atoms with van der Waals surface area (Å²) >= 11 is 0. The third kappa shape index (κ3) is 1.27. The summed E-state index contributed by atoms with van der Waals surface area (Å²) in [6.45, 7) is 0. The third-order valence-electron chi connectivity index (χ3n) is 4.62. The van der Waals surface area contributed by atoms with E-state index in [-0.39, 0.29) is 0 Å². The predicted molar refractivity (Wildman–Crippen MR) is 55.5 cm³/mol. The maximum Gasteiger partial charge on any atom is 0.0638 e. The van der Waals surface area contributed by atoms with Gasteiger partial charge in [-0.05, 0) is 43.9 Å². The van der Waals surface area contributed by atoms with E-state index in [4.69, 9.17) is 5.21 Å². The van der Waals surface area contributed by atoms with Crippen LogP contribution < -0.4 is 0 Å². The lowest BCUT2D eigenvalue weighted by Gasteiger charge is -2.30. The van der Waals surface area contributed by atoms with Crippen LogP contribution in [0.15, 0.2) is 5.16 Å². The fourth-order valence-electron chi connectivity index (χ4n) is 3.72. The highest BCUT2D eigenvalue weighted by atomic mass is 16.4. The van der Waals surface area contributed by atoms with Crippen molar-refractivity contribution in [1.29, 1.82) is 0 Å². The summed E-state index contributed by atoms with van der Waals surface area (Å²) < 4.78 is 0. The molecule has 0 heterocycles. The molecule has 0 aromatic rings. The van der Waals surface area contributed by atoms with Crippen molar-refractivity contribution >= 4 is 5.71 Å². The van der Waals surface area contributed by atoms with Crippen molar-refractivity contribution < 1.29 is 5.21 Å². The van der Waals surface area contributed by atoms with Crippen LogP contribution in [0.25, 0.3) is 0 Å². The average molecular weight is 193 g/mol. The molecule has 0 aliphatic heterocycles. The Morgan fingerprint density at radius 2 is 1.71 bits per heavy atom. The molecular weight excluding hydrogens is 174 g/mol. The highest BCUT2D eigenvalue weighted by Crippen LogP contribution is 2.52. The van der Waals surface area contributed by atoms with Crippen LogP contribution >= 0.6 is 0 Å². The molecule has 14 heavy (non-hydrogen) atoms. The van der Waals surface area contributed by atoms with Gasteiger partial charge in [-0.1, -0.05) is 18.0 Å². The molecule has 78 valence electrons. The zero-order valence-corrected chi connectivity index (χ0v) is 8.65. The Bertz CT molecular complexity index is 261. The van der Waals surface area contributed by atoms with Gasteiger partial charge in [0.25, 0.3) is 0 Å². The third-order valence-corrected chi connectivity index (χ3v) is 4.62. The van der Waals surface area contributed by atoms with Gasteiger partial charge < -0.3 is 5.21 Å². The van der Waals surface area contributed by atoms with Crippen molar-refractivity contribution in [3.05, 3.63) is 0 Å². The molecule has 0 aromatic carbocycles. The Labute approximate surface area is 85.4 Å². The van der Waals surface area contributed by atoms with Gasteiger partial charge in [0.1, 0.15) is 0 Å². The highest BCUT2D eigenvalue weighted by molar-refractivity contribution is 5.91. The molecule has 3 aliphatic rings. The normalized spacial score (nSPS) is 49.3. The number of nitrogens with zero attached hydrogens (tertiary/aromatic N) is 1. The molecule has 1 N–H and O–H groups in total. The van der Waals surface area contributed by atoms with Crippen LogP contribution in [0.3, 0.4) is 0 Å². The van der Waals surface area contributed by atoms with Gasteiger partial charge in [-0.3, -0.25) is 0 Å². The van der Waals surface area contributed by atoms with Crippen molar-refractivity contribution in [1.82, 2.24) is 0 Å². The summed E-state index contributed by atoms with van der Waals surface area (Å²) in [6.07, 6.45) is 9.50. The quantitative estimate of drug-likeness (QED) is 0.465. The van der Waals surface area contributed by atoms with Crippen molar-refractivity contribution in [3.63, 3.8) is 0 Å². The second kappa shape index (κ2) is 3.25. The molecule has 0 saturated heterocycles. The number of hydrogen-bond acceptors (Lipinski definition) is 2. The minimum atomic E-state index is 0.645. The summed E-state index contributed by atoms with van der Waals surface area (Å²) in [4.78, 5) is 0. The molecule has 0 amide bonds. The van der Waals surface area contributed by atoms with Gasteiger partial charge in [-0.25, -0.2) is 0 Å². The van der Waals surface area contributed by atoms with Crippen LogP contribution in [0.1, 0.15) is 44.9 Å². The van der Waals surface area contributed by atoms with Gasteiger partial charge in [0, 0.05) is 11.8 Å². The second-order valence-electron chi connectivity index (χ2n) is 5.36. The molecule has 0 aromatic heterocycles. The van der Waals surface area contributed by atoms with Gasteiger partial charge in [0.15, 0.2) is 0 Å². The largest absolute Gasteiger partial charge is 0.411 e. The van der Waals surface area contributed by atoms with E-state index in [2.05, 4.69) is 5.16 Å². The summed E-state index contributed by atoms with van der Waals surface area (Å²) in [5, 5.41) is 12.8. The molecule has 0 bridgehead atoms. The zero-order chi connectivity index (χ0) is 9.54. The van der Waals surface area contributed by atoms with Crippen LogP contribution in [-0.2, 0) is 0 Å². The van der Waals surface area contributed by atoms with E-state index in [1.54, 1.807) is 0 Å². The maximum atomic E-state index is 9.14. The summed E-state index contributed by atoms with van der Waals surface area (Å²) in [7, 11) is 0. The lowest BCUT2D eigenvalue weighted by Crippen LogP contribution is -2.27. The molecule has 0 unspecified atom stereocenters. The Kier molecular flexibility index (Phi) is 2.03. The summed E-state index contributed by atoms with van der Waals surface area (Å²) in [5.41, 5.74) is 1.18. The van der Waals surface area contributed by atoms with Crippen LogP contribution in [0, 0.1) is 23.7 Å². The lowest BCUT2D eigenvalue weighted by molar-refractivity contribution is 0.264. The summed E-state index contributed by atoms with van der Waals surface area (Å²) in [6, 6.07) is 0. The van der Waals surface area contributed by atoms with Crippen LogP contribution in [0.5, 0.6) is 0 Å². The second-order valence-corrected chi connectivity index (χ2v) is 5.36. The Balaban J connectivity index is 1.85. The summed E-state index contributed by atoms with van der Waals surface area (Å²) in [5.74, 6) is 3.05. The molecule has 2 heteroatoms. The monoisotopic (exact) mass is 193 g/mol. The number of rotatable bonds is 0. The van der Waals surface area contributed by atoms with E-state index < -0.39 is 0 Å². The predicted octanol–water partition coefficient (Wildman–Crippen LogP) is 3.05. The molecule has 0 radical (unpaired) electrons. The molecule has 2 nitrogen and oxygen atoms in total. The number of hydrogen-bond donors (Lipinski definition) is 1. The van der Waals surface area contributed by atoms with Gasteiger partial charge in [-0.15, -0.1) is 0 Å². The van der Waals surface area contributed by atoms with Crippen molar-refractivity contribution in [2.75, 3.05) is 0 Å². The average Bonchev–Trinajstić information content (AvgIpc) is 2.96. The first kappa shape index (κ1) is 8.75.